The molecule has 14 heavy (non-hydrogen) atoms. The van der Waals surface area contributed by atoms with E-state index >= 15 is 0 Å². The van der Waals surface area contributed by atoms with Crippen LogP contribution in [0.25, 0.3) is 10.9 Å². The lowest BCUT2D eigenvalue weighted by atomic mass is 10.1. The molecule has 0 unspecified atom stereocenters. The van der Waals surface area contributed by atoms with E-state index < -0.39 is 5.24 Å². The fourth-order valence-electron chi connectivity index (χ4n) is 1.35. The third-order valence-corrected chi connectivity index (χ3v) is 2.15. The van der Waals surface area contributed by atoms with Crippen LogP contribution in [0.3, 0.4) is 0 Å². The van der Waals surface area contributed by atoms with Gasteiger partial charge in [0, 0.05) is 11.6 Å². The highest BCUT2D eigenvalue weighted by Gasteiger charge is 2.12. The monoisotopic (exact) mass is 207 g/mol. The molecule has 0 amide bonds. The lowest BCUT2D eigenvalue weighted by molar-refractivity contribution is 0.108. The summed E-state index contributed by atoms with van der Waals surface area (Å²) < 4.78 is 0. The number of fused-ring (bicyclic) bond motifs is 1. The van der Waals surface area contributed by atoms with Gasteiger partial charge in [0.15, 0.2) is 0 Å². The number of aromatic hydroxyl groups is 1. The summed E-state index contributed by atoms with van der Waals surface area (Å²) in [6.45, 7) is 0. The minimum atomic E-state index is -0.680. The molecule has 0 radical (unpaired) electrons. The lowest BCUT2D eigenvalue weighted by Crippen LogP contribution is -1.92. The van der Waals surface area contributed by atoms with Gasteiger partial charge in [0.25, 0.3) is 5.24 Å². The zero-order valence-corrected chi connectivity index (χ0v) is 7.82. The molecule has 0 bridgehead atoms. The highest BCUT2D eigenvalue weighted by molar-refractivity contribution is 6.69. The number of carbonyl (C=O) groups excluding carboxylic acids is 1. The Balaban J connectivity index is 2.90. The molecule has 2 rings (SSSR count). The summed E-state index contributed by atoms with van der Waals surface area (Å²) in [7, 11) is 0. The van der Waals surface area contributed by atoms with Crippen molar-refractivity contribution in [3.63, 3.8) is 0 Å². The van der Waals surface area contributed by atoms with Gasteiger partial charge in [0.2, 0.25) is 0 Å². The van der Waals surface area contributed by atoms with Crippen LogP contribution in [0.5, 0.6) is 5.75 Å². The van der Waals surface area contributed by atoms with E-state index in [1.807, 2.05) is 0 Å². The molecule has 1 aromatic heterocycles. The second kappa shape index (κ2) is 3.27. The van der Waals surface area contributed by atoms with Crippen LogP contribution >= 0.6 is 11.6 Å². The Bertz CT molecular complexity index is 510. The maximum absolute atomic E-state index is 11.1. The van der Waals surface area contributed by atoms with Gasteiger partial charge < -0.3 is 5.11 Å². The van der Waals surface area contributed by atoms with E-state index in [1.165, 1.54) is 6.07 Å². The average Bonchev–Trinajstić information content (AvgIpc) is 2.17. The maximum Gasteiger partial charge on any atom is 0.256 e. The Morgan fingerprint density at radius 2 is 2.14 bits per heavy atom. The molecule has 0 saturated carbocycles. The quantitative estimate of drug-likeness (QED) is 0.731. The van der Waals surface area contributed by atoms with Crippen LogP contribution in [0.1, 0.15) is 10.4 Å². The topological polar surface area (TPSA) is 50.2 Å². The highest BCUT2D eigenvalue weighted by atomic mass is 35.5. The van der Waals surface area contributed by atoms with Crippen molar-refractivity contribution in [1.82, 2.24) is 4.98 Å². The second-order valence-corrected chi connectivity index (χ2v) is 3.15. The minimum Gasteiger partial charge on any atom is -0.507 e. The maximum atomic E-state index is 11.1. The van der Waals surface area contributed by atoms with Gasteiger partial charge in [-0.3, -0.25) is 9.78 Å². The molecule has 0 aliphatic rings. The number of benzene rings is 1. The number of hydrogen-bond acceptors (Lipinski definition) is 3. The molecule has 0 atom stereocenters. The van der Waals surface area contributed by atoms with Gasteiger partial charge in [-0.15, -0.1) is 0 Å². The molecule has 2 aromatic rings. The number of aromatic nitrogens is 1. The third-order valence-electron chi connectivity index (χ3n) is 1.96. The van der Waals surface area contributed by atoms with E-state index in [-0.39, 0.29) is 11.3 Å². The van der Waals surface area contributed by atoms with E-state index in [2.05, 4.69) is 4.98 Å². The molecule has 3 nitrogen and oxygen atoms in total. The first-order valence-electron chi connectivity index (χ1n) is 3.96. The van der Waals surface area contributed by atoms with Crippen molar-refractivity contribution in [2.24, 2.45) is 0 Å². The molecule has 0 aliphatic heterocycles. The Kier molecular flexibility index (Phi) is 2.09. The molecule has 0 saturated heterocycles. The van der Waals surface area contributed by atoms with Crippen molar-refractivity contribution in [2.75, 3.05) is 0 Å². The van der Waals surface area contributed by atoms with Crippen LogP contribution in [-0.2, 0) is 0 Å². The van der Waals surface area contributed by atoms with Crippen LogP contribution in [0.15, 0.2) is 30.5 Å². The molecule has 1 N–H and O–H groups in total. The summed E-state index contributed by atoms with van der Waals surface area (Å²) in [4.78, 5) is 15.1. The molecular weight excluding hydrogens is 202 g/mol. The van der Waals surface area contributed by atoms with Gasteiger partial charge in [-0.05, 0) is 29.8 Å². The van der Waals surface area contributed by atoms with Gasteiger partial charge >= 0.3 is 0 Å². The second-order valence-electron chi connectivity index (χ2n) is 2.80. The zero-order valence-electron chi connectivity index (χ0n) is 7.07. The molecule has 0 aliphatic carbocycles. The van der Waals surface area contributed by atoms with Crippen molar-refractivity contribution < 1.29 is 9.90 Å². The molecule has 0 spiro atoms. The number of halogens is 1. The van der Waals surface area contributed by atoms with E-state index in [1.54, 1.807) is 24.4 Å². The number of pyridine rings is 1. The molecule has 1 heterocycles. The van der Waals surface area contributed by atoms with E-state index in [0.717, 1.165) is 0 Å². The third kappa shape index (κ3) is 1.32. The van der Waals surface area contributed by atoms with Crippen LogP contribution in [0, 0.1) is 0 Å². The number of phenols is 1. The number of carbonyl (C=O) groups is 1. The normalized spacial score (nSPS) is 10.4. The predicted octanol–water partition coefficient (Wildman–Crippen LogP) is 2.32. The summed E-state index contributed by atoms with van der Waals surface area (Å²) in [5.74, 6) is -0.120. The number of hydrogen-bond donors (Lipinski definition) is 1. The van der Waals surface area contributed by atoms with Crippen LogP contribution in [-0.4, -0.2) is 15.3 Å². The molecule has 70 valence electrons. The van der Waals surface area contributed by atoms with Crippen molar-refractivity contribution in [3.05, 3.63) is 36.0 Å². The Morgan fingerprint density at radius 1 is 1.36 bits per heavy atom. The molecule has 1 aromatic carbocycles. The van der Waals surface area contributed by atoms with Gasteiger partial charge in [0.05, 0.1) is 11.1 Å². The summed E-state index contributed by atoms with van der Waals surface area (Å²) in [5.41, 5.74) is 0.742. The highest BCUT2D eigenvalue weighted by Crippen LogP contribution is 2.26. The Hall–Kier alpha value is -1.61. The molecule has 0 fully saturated rings. The SMILES string of the molecule is O=C(Cl)c1c(O)ccc2ncccc12. The number of phenolic OH excluding ortho intramolecular Hbond substituents is 1. The standard InChI is InChI=1S/C10H6ClNO2/c11-10(14)9-6-2-1-5-12-7(6)3-4-8(9)13/h1-5,13H. The minimum absolute atomic E-state index is 0.109. The number of rotatable bonds is 1. The largest absolute Gasteiger partial charge is 0.507 e. The van der Waals surface area contributed by atoms with Crippen molar-refractivity contribution in [1.29, 1.82) is 0 Å². The van der Waals surface area contributed by atoms with Gasteiger partial charge in [-0.2, -0.15) is 0 Å². The van der Waals surface area contributed by atoms with Crippen molar-refractivity contribution in [3.8, 4) is 5.75 Å². The van der Waals surface area contributed by atoms with Gasteiger partial charge in [-0.1, -0.05) is 6.07 Å². The Labute approximate surface area is 85.0 Å². The summed E-state index contributed by atoms with van der Waals surface area (Å²) in [5, 5.41) is 9.33. The van der Waals surface area contributed by atoms with E-state index in [9.17, 15) is 9.90 Å². The van der Waals surface area contributed by atoms with Crippen LogP contribution in [0.2, 0.25) is 0 Å². The van der Waals surface area contributed by atoms with E-state index in [0.29, 0.717) is 10.9 Å². The van der Waals surface area contributed by atoms with E-state index in [4.69, 9.17) is 11.6 Å². The number of nitrogens with zero attached hydrogens (tertiary/aromatic N) is 1. The van der Waals surface area contributed by atoms with Crippen LogP contribution in [0.4, 0.5) is 0 Å². The van der Waals surface area contributed by atoms with Gasteiger partial charge in [-0.25, -0.2) is 0 Å². The molecule has 4 heteroatoms. The summed E-state index contributed by atoms with van der Waals surface area (Å²) in [6, 6.07) is 6.42. The van der Waals surface area contributed by atoms with Gasteiger partial charge in [0.1, 0.15) is 5.75 Å². The Morgan fingerprint density at radius 3 is 2.86 bits per heavy atom. The first-order valence-corrected chi connectivity index (χ1v) is 4.34. The van der Waals surface area contributed by atoms with Crippen LogP contribution < -0.4 is 0 Å². The van der Waals surface area contributed by atoms with Crippen molar-refractivity contribution in [2.45, 2.75) is 0 Å². The smallest absolute Gasteiger partial charge is 0.256 e. The lowest BCUT2D eigenvalue weighted by Gasteiger charge is -2.03. The fraction of sp³-hybridized carbons (Fsp3) is 0. The fourth-order valence-corrected chi connectivity index (χ4v) is 1.55. The van der Waals surface area contributed by atoms with Crippen molar-refractivity contribution >= 4 is 27.7 Å². The zero-order chi connectivity index (χ0) is 10.1. The summed E-state index contributed by atoms with van der Waals surface area (Å²) in [6.07, 6.45) is 1.61. The summed E-state index contributed by atoms with van der Waals surface area (Å²) >= 11 is 5.36. The predicted molar refractivity (Wildman–Crippen MR) is 53.6 cm³/mol. The first-order chi connectivity index (χ1) is 6.70. The first kappa shape index (κ1) is 8.97. The average molecular weight is 208 g/mol. The molecular formula is C10H6ClNO2.